The lowest BCUT2D eigenvalue weighted by atomic mass is 10.0. The first kappa shape index (κ1) is 20.3. The van der Waals surface area contributed by atoms with E-state index >= 15 is 0 Å². The molecule has 1 amide bonds. The van der Waals surface area contributed by atoms with E-state index in [0.717, 1.165) is 22.2 Å². The zero-order valence-corrected chi connectivity index (χ0v) is 18.0. The van der Waals surface area contributed by atoms with E-state index in [4.69, 9.17) is 0 Å². The quantitative estimate of drug-likeness (QED) is 0.442. The minimum absolute atomic E-state index is 0.229. The fraction of sp³-hybridized carbons (Fsp3) is 0.0800. The number of anilines is 1. The van der Waals surface area contributed by atoms with Crippen molar-refractivity contribution in [1.82, 2.24) is 25.2 Å². The van der Waals surface area contributed by atoms with Gasteiger partial charge in [-0.2, -0.15) is 5.10 Å². The maximum Gasteiger partial charge on any atom is 0.278 e. The van der Waals surface area contributed by atoms with Gasteiger partial charge in [-0.25, -0.2) is 9.78 Å². The molecule has 8 nitrogen and oxygen atoms in total. The Labute approximate surface area is 188 Å². The molecule has 2 N–H and O–H groups in total. The fourth-order valence-electron chi connectivity index (χ4n) is 3.81. The maximum atomic E-state index is 12.9. The predicted octanol–water partition coefficient (Wildman–Crippen LogP) is 4.04. The van der Waals surface area contributed by atoms with Gasteiger partial charge in [-0.1, -0.05) is 53.7 Å². The van der Waals surface area contributed by atoms with Crippen LogP contribution in [0, 0.1) is 13.8 Å². The van der Waals surface area contributed by atoms with Gasteiger partial charge in [0.15, 0.2) is 5.69 Å². The number of amides is 1. The summed E-state index contributed by atoms with van der Waals surface area (Å²) < 4.78 is 1.67. The van der Waals surface area contributed by atoms with Crippen LogP contribution in [0.25, 0.3) is 27.7 Å². The molecule has 5 rings (SSSR count). The zero-order valence-electron chi connectivity index (χ0n) is 18.0. The highest BCUT2D eigenvalue weighted by atomic mass is 16.2. The third kappa shape index (κ3) is 3.67. The predicted molar refractivity (Wildman–Crippen MR) is 127 cm³/mol. The van der Waals surface area contributed by atoms with Crippen LogP contribution in [0.1, 0.15) is 21.7 Å². The average molecular weight is 436 g/mol. The van der Waals surface area contributed by atoms with Crippen molar-refractivity contribution < 1.29 is 4.79 Å². The molecule has 0 spiro atoms. The summed E-state index contributed by atoms with van der Waals surface area (Å²) in [7, 11) is 0. The Hall–Kier alpha value is -4.59. The summed E-state index contributed by atoms with van der Waals surface area (Å²) in [6.07, 6.45) is 0. The van der Waals surface area contributed by atoms with Gasteiger partial charge < -0.3 is 5.32 Å². The standard InChI is InChI=1S/C25H20N6O2/c1-15-7-3-6-10-21(15)31-16(2)22(28-30-31)25(33)26-18-13-11-17(12-14-18)23-19-8-4-5-9-20(19)24(32)29-27-23/h3-14H,1-2H3,(H,26,33)(H,29,32). The number of benzene rings is 3. The van der Waals surface area contributed by atoms with Gasteiger partial charge in [0, 0.05) is 16.6 Å². The van der Waals surface area contributed by atoms with Crippen LogP contribution in [0.4, 0.5) is 5.69 Å². The van der Waals surface area contributed by atoms with E-state index in [0.29, 0.717) is 22.5 Å². The molecule has 5 aromatic rings. The van der Waals surface area contributed by atoms with E-state index in [1.165, 1.54) is 0 Å². The van der Waals surface area contributed by atoms with Gasteiger partial charge in [0.2, 0.25) is 0 Å². The van der Waals surface area contributed by atoms with E-state index in [1.54, 1.807) is 22.9 Å². The number of hydrogen-bond acceptors (Lipinski definition) is 5. The Morgan fingerprint density at radius 2 is 1.61 bits per heavy atom. The van der Waals surface area contributed by atoms with Gasteiger partial charge in [0.1, 0.15) is 0 Å². The monoisotopic (exact) mass is 436 g/mol. The van der Waals surface area contributed by atoms with Crippen molar-refractivity contribution in [2.24, 2.45) is 0 Å². The van der Waals surface area contributed by atoms with Crippen LogP contribution in [-0.2, 0) is 0 Å². The highest BCUT2D eigenvalue weighted by molar-refractivity contribution is 6.03. The van der Waals surface area contributed by atoms with Gasteiger partial charge >= 0.3 is 0 Å². The van der Waals surface area contributed by atoms with Crippen LogP contribution in [0.15, 0.2) is 77.6 Å². The van der Waals surface area contributed by atoms with Crippen molar-refractivity contribution in [3.05, 3.63) is 100 Å². The largest absolute Gasteiger partial charge is 0.321 e. The second-order valence-corrected chi connectivity index (χ2v) is 7.70. The van der Waals surface area contributed by atoms with Crippen molar-refractivity contribution in [2.45, 2.75) is 13.8 Å². The molecule has 0 saturated carbocycles. The maximum absolute atomic E-state index is 12.9. The van der Waals surface area contributed by atoms with Crippen LogP contribution in [0.3, 0.4) is 0 Å². The molecule has 8 heteroatoms. The zero-order chi connectivity index (χ0) is 22.9. The third-order valence-electron chi connectivity index (χ3n) is 5.57. The summed E-state index contributed by atoms with van der Waals surface area (Å²) in [4.78, 5) is 24.9. The van der Waals surface area contributed by atoms with Crippen molar-refractivity contribution in [2.75, 3.05) is 5.32 Å². The van der Waals surface area contributed by atoms with Crippen LogP contribution >= 0.6 is 0 Å². The van der Waals surface area contributed by atoms with E-state index in [2.05, 4.69) is 25.8 Å². The molecule has 2 aromatic heterocycles. The first-order valence-electron chi connectivity index (χ1n) is 10.4. The number of fused-ring (bicyclic) bond motifs is 1. The molecule has 3 aromatic carbocycles. The summed E-state index contributed by atoms with van der Waals surface area (Å²) in [5.41, 5.74) is 4.71. The molecule has 0 aliphatic rings. The SMILES string of the molecule is Cc1ccccc1-n1nnc(C(=O)Nc2ccc(-c3n[nH]c(=O)c4ccccc34)cc2)c1C. The lowest BCUT2D eigenvalue weighted by Crippen LogP contribution is -2.14. The number of hydrogen-bond donors (Lipinski definition) is 2. The fourth-order valence-corrected chi connectivity index (χ4v) is 3.81. The molecular formula is C25H20N6O2. The van der Waals surface area contributed by atoms with Gasteiger partial charge in [0.05, 0.1) is 22.5 Å². The second kappa shape index (κ2) is 8.16. The molecule has 0 aliphatic heterocycles. The Bertz CT molecular complexity index is 1550. The molecule has 0 bridgehead atoms. The van der Waals surface area contributed by atoms with Gasteiger partial charge in [-0.15, -0.1) is 5.10 Å². The van der Waals surface area contributed by atoms with Crippen molar-refractivity contribution in [1.29, 1.82) is 0 Å². The second-order valence-electron chi connectivity index (χ2n) is 7.70. The minimum atomic E-state index is -0.340. The first-order chi connectivity index (χ1) is 16.0. The number of nitrogens with one attached hydrogen (secondary N) is 2. The number of carbonyl (C=O) groups is 1. The Kier molecular flexibility index (Phi) is 5.02. The van der Waals surface area contributed by atoms with Crippen molar-refractivity contribution in [3.8, 4) is 16.9 Å². The van der Waals surface area contributed by atoms with E-state index < -0.39 is 0 Å². The van der Waals surface area contributed by atoms with Crippen molar-refractivity contribution in [3.63, 3.8) is 0 Å². The van der Waals surface area contributed by atoms with E-state index in [9.17, 15) is 9.59 Å². The Balaban J connectivity index is 1.40. The Morgan fingerprint density at radius 3 is 2.36 bits per heavy atom. The summed E-state index contributed by atoms with van der Waals surface area (Å²) >= 11 is 0. The average Bonchev–Trinajstić information content (AvgIpc) is 3.22. The van der Waals surface area contributed by atoms with Crippen LogP contribution in [0.2, 0.25) is 0 Å². The normalized spacial score (nSPS) is 11.0. The lowest BCUT2D eigenvalue weighted by Gasteiger charge is -2.08. The highest BCUT2D eigenvalue weighted by Gasteiger charge is 2.18. The number of nitrogens with zero attached hydrogens (tertiary/aromatic N) is 4. The van der Waals surface area contributed by atoms with Crippen LogP contribution < -0.4 is 10.9 Å². The summed E-state index contributed by atoms with van der Waals surface area (Å²) in [6.45, 7) is 3.80. The summed E-state index contributed by atoms with van der Waals surface area (Å²) in [5, 5.41) is 19.2. The van der Waals surface area contributed by atoms with Crippen LogP contribution in [-0.4, -0.2) is 31.1 Å². The number of aryl methyl sites for hydroxylation is 1. The number of H-pyrrole nitrogens is 1. The van der Waals surface area contributed by atoms with Gasteiger partial charge in [-0.05, 0) is 43.7 Å². The molecular weight excluding hydrogens is 416 g/mol. The molecule has 162 valence electrons. The number of rotatable bonds is 4. The van der Waals surface area contributed by atoms with Crippen LogP contribution in [0.5, 0.6) is 0 Å². The first-order valence-corrected chi connectivity index (χ1v) is 10.4. The highest BCUT2D eigenvalue weighted by Crippen LogP contribution is 2.25. The Morgan fingerprint density at radius 1 is 0.909 bits per heavy atom. The molecule has 0 unspecified atom stereocenters. The van der Waals surface area contributed by atoms with E-state index in [-0.39, 0.29) is 17.2 Å². The van der Waals surface area contributed by atoms with Crippen molar-refractivity contribution >= 4 is 22.4 Å². The number of para-hydroxylation sites is 1. The molecule has 33 heavy (non-hydrogen) atoms. The molecule has 0 fully saturated rings. The molecule has 0 saturated heterocycles. The molecule has 0 atom stereocenters. The lowest BCUT2D eigenvalue weighted by molar-refractivity contribution is 0.102. The van der Waals surface area contributed by atoms with Gasteiger partial charge in [0.25, 0.3) is 11.5 Å². The number of aromatic nitrogens is 5. The van der Waals surface area contributed by atoms with Gasteiger partial charge in [-0.3, -0.25) is 9.59 Å². The third-order valence-corrected chi connectivity index (χ3v) is 5.57. The number of carbonyl (C=O) groups excluding carboxylic acids is 1. The smallest absolute Gasteiger partial charge is 0.278 e. The number of aromatic amines is 1. The topological polar surface area (TPSA) is 106 Å². The summed E-state index contributed by atoms with van der Waals surface area (Å²) in [5.74, 6) is -0.340. The minimum Gasteiger partial charge on any atom is -0.321 e. The molecule has 0 radical (unpaired) electrons. The van der Waals surface area contributed by atoms with E-state index in [1.807, 2.05) is 68.4 Å². The molecule has 2 heterocycles. The summed E-state index contributed by atoms with van der Waals surface area (Å²) in [6, 6.07) is 22.4. The molecule has 0 aliphatic carbocycles.